The van der Waals surface area contributed by atoms with Gasteiger partial charge in [0.05, 0.1) is 15.6 Å². The van der Waals surface area contributed by atoms with Crippen molar-refractivity contribution in [1.82, 2.24) is 4.90 Å². The molecule has 5 nitrogen and oxygen atoms in total. The molecular weight excluding hydrogens is 254 g/mol. The molecule has 0 spiro atoms. The third kappa shape index (κ3) is 2.91. The first-order valence-electron chi connectivity index (χ1n) is 5.95. The Morgan fingerprint density at radius 1 is 1.28 bits per heavy atom. The molecular formula is C12H16ClN3O2. The fourth-order valence-corrected chi connectivity index (χ4v) is 2.45. The van der Waals surface area contributed by atoms with Crippen LogP contribution in [0, 0.1) is 10.1 Å². The zero-order valence-corrected chi connectivity index (χ0v) is 11.1. The number of nitrogens with zero attached hydrogens (tertiary/aromatic N) is 3. The Morgan fingerprint density at radius 2 is 2.06 bits per heavy atom. The maximum Gasteiger partial charge on any atom is 0.271 e. The number of likely N-dealkylation sites (N-methyl/N-ethyl adjacent to an activating group) is 1. The van der Waals surface area contributed by atoms with Gasteiger partial charge < -0.3 is 9.80 Å². The SMILES string of the molecule is CN1CCCN(c2ccc([N+](=O)[O-])cc2Cl)CC1. The number of anilines is 1. The molecule has 1 saturated heterocycles. The molecule has 18 heavy (non-hydrogen) atoms. The van der Waals surface area contributed by atoms with Gasteiger partial charge in [-0.05, 0) is 26.1 Å². The van der Waals surface area contributed by atoms with E-state index in [0.717, 1.165) is 38.3 Å². The largest absolute Gasteiger partial charge is 0.369 e. The molecule has 6 heteroatoms. The van der Waals surface area contributed by atoms with E-state index >= 15 is 0 Å². The smallest absolute Gasteiger partial charge is 0.271 e. The minimum atomic E-state index is -0.425. The molecule has 1 aliphatic rings. The van der Waals surface area contributed by atoms with Gasteiger partial charge in [0.15, 0.2) is 0 Å². The second-order valence-corrected chi connectivity index (χ2v) is 4.94. The predicted octanol–water partition coefficient (Wildman–Crippen LogP) is 2.39. The van der Waals surface area contributed by atoms with E-state index < -0.39 is 4.92 Å². The molecule has 0 N–H and O–H groups in total. The number of rotatable bonds is 2. The van der Waals surface area contributed by atoms with Crippen LogP contribution in [0.3, 0.4) is 0 Å². The topological polar surface area (TPSA) is 49.6 Å². The fraction of sp³-hybridized carbons (Fsp3) is 0.500. The van der Waals surface area contributed by atoms with Crippen molar-refractivity contribution in [2.75, 3.05) is 38.1 Å². The summed E-state index contributed by atoms with van der Waals surface area (Å²) >= 11 is 6.14. The maximum atomic E-state index is 10.7. The van der Waals surface area contributed by atoms with Crippen LogP contribution in [0.1, 0.15) is 6.42 Å². The lowest BCUT2D eigenvalue weighted by molar-refractivity contribution is -0.384. The molecule has 98 valence electrons. The summed E-state index contributed by atoms with van der Waals surface area (Å²) in [6.07, 6.45) is 1.07. The van der Waals surface area contributed by atoms with E-state index in [9.17, 15) is 10.1 Å². The Hall–Kier alpha value is -1.33. The molecule has 0 saturated carbocycles. The van der Waals surface area contributed by atoms with Crippen LogP contribution < -0.4 is 4.90 Å². The number of nitro benzene ring substituents is 1. The van der Waals surface area contributed by atoms with Crippen molar-refractivity contribution in [2.24, 2.45) is 0 Å². The molecule has 0 aliphatic carbocycles. The quantitative estimate of drug-likeness (QED) is 0.611. The van der Waals surface area contributed by atoms with E-state index in [1.54, 1.807) is 6.07 Å². The van der Waals surface area contributed by atoms with E-state index in [1.165, 1.54) is 12.1 Å². The van der Waals surface area contributed by atoms with Crippen molar-refractivity contribution in [1.29, 1.82) is 0 Å². The van der Waals surface area contributed by atoms with Crippen molar-refractivity contribution >= 4 is 23.0 Å². The van der Waals surface area contributed by atoms with Gasteiger partial charge in [0.2, 0.25) is 0 Å². The molecule has 0 radical (unpaired) electrons. The Labute approximate surface area is 111 Å². The van der Waals surface area contributed by atoms with E-state index in [1.807, 2.05) is 0 Å². The normalized spacial score (nSPS) is 17.6. The van der Waals surface area contributed by atoms with Crippen LogP contribution in [0.5, 0.6) is 0 Å². The third-order valence-corrected chi connectivity index (χ3v) is 3.51. The summed E-state index contributed by atoms with van der Waals surface area (Å²) in [6.45, 7) is 3.88. The molecule has 0 amide bonds. The number of hydrogen-bond donors (Lipinski definition) is 0. The first-order chi connectivity index (χ1) is 8.58. The number of halogens is 1. The Kier molecular flexibility index (Phi) is 4.04. The predicted molar refractivity (Wildman–Crippen MR) is 72.4 cm³/mol. The van der Waals surface area contributed by atoms with Gasteiger partial charge in [0.25, 0.3) is 5.69 Å². The summed E-state index contributed by atoms with van der Waals surface area (Å²) in [5, 5.41) is 11.1. The van der Waals surface area contributed by atoms with Gasteiger partial charge in [-0.3, -0.25) is 10.1 Å². The van der Waals surface area contributed by atoms with Crippen molar-refractivity contribution < 1.29 is 4.92 Å². The van der Waals surface area contributed by atoms with Crippen molar-refractivity contribution in [3.05, 3.63) is 33.3 Å². The molecule has 0 unspecified atom stereocenters. The summed E-state index contributed by atoms with van der Waals surface area (Å²) in [7, 11) is 2.10. The highest BCUT2D eigenvalue weighted by Crippen LogP contribution is 2.30. The van der Waals surface area contributed by atoms with Gasteiger partial charge in [0.1, 0.15) is 0 Å². The highest BCUT2D eigenvalue weighted by molar-refractivity contribution is 6.33. The Morgan fingerprint density at radius 3 is 2.72 bits per heavy atom. The van der Waals surface area contributed by atoms with Crippen molar-refractivity contribution in [3.63, 3.8) is 0 Å². The van der Waals surface area contributed by atoms with Crippen molar-refractivity contribution in [2.45, 2.75) is 6.42 Å². The van der Waals surface area contributed by atoms with Gasteiger partial charge in [-0.1, -0.05) is 11.6 Å². The average Bonchev–Trinajstić information content (AvgIpc) is 2.54. The van der Waals surface area contributed by atoms with Gasteiger partial charge in [-0.2, -0.15) is 0 Å². The number of benzene rings is 1. The van der Waals surface area contributed by atoms with E-state index in [0.29, 0.717) is 5.02 Å². The third-order valence-electron chi connectivity index (χ3n) is 3.20. The molecule has 1 aromatic rings. The summed E-state index contributed by atoms with van der Waals surface area (Å²) in [5.74, 6) is 0. The first-order valence-corrected chi connectivity index (χ1v) is 6.33. The molecule has 0 bridgehead atoms. The van der Waals surface area contributed by atoms with Crippen LogP contribution in [0.25, 0.3) is 0 Å². The fourth-order valence-electron chi connectivity index (χ4n) is 2.15. The summed E-state index contributed by atoms with van der Waals surface area (Å²) in [4.78, 5) is 14.7. The van der Waals surface area contributed by atoms with Crippen LogP contribution in [0.15, 0.2) is 18.2 Å². The lowest BCUT2D eigenvalue weighted by atomic mass is 10.2. The van der Waals surface area contributed by atoms with Crippen LogP contribution in [-0.4, -0.2) is 43.0 Å². The van der Waals surface area contributed by atoms with Gasteiger partial charge in [-0.15, -0.1) is 0 Å². The van der Waals surface area contributed by atoms with E-state index in [-0.39, 0.29) is 5.69 Å². The highest BCUT2D eigenvalue weighted by atomic mass is 35.5. The van der Waals surface area contributed by atoms with E-state index in [2.05, 4.69) is 16.8 Å². The molecule has 1 aliphatic heterocycles. The first kappa shape index (κ1) is 13.1. The zero-order chi connectivity index (χ0) is 13.1. The highest BCUT2D eigenvalue weighted by Gasteiger charge is 2.17. The monoisotopic (exact) mass is 269 g/mol. The minimum absolute atomic E-state index is 0.0377. The lowest BCUT2D eigenvalue weighted by Crippen LogP contribution is -2.28. The number of hydrogen-bond acceptors (Lipinski definition) is 4. The van der Waals surface area contributed by atoms with Crippen LogP contribution >= 0.6 is 11.6 Å². The molecule has 1 aromatic carbocycles. The summed E-state index contributed by atoms with van der Waals surface area (Å²) in [5.41, 5.74) is 0.924. The Bertz CT molecular complexity index is 453. The van der Waals surface area contributed by atoms with E-state index in [4.69, 9.17) is 11.6 Å². The van der Waals surface area contributed by atoms with Crippen LogP contribution in [-0.2, 0) is 0 Å². The standard InChI is InChI=1S/C12H16ClN3O2/c1-14-5-2-6-15(8-7-14)12-4-3-10(16(17)18)9-11(12)13/h3-4,9H,2,5-8H2,1H3. The number of nitro groups is 1. The molecule has 2 rings (SSSR count). The molecule has 0 atom stereocenters. The lowest BCUT2D eigenvalue weighted by Gasteiger charge is -2.23. The molecule has 0 aromatic heterocycles. The Balaban J connectivity index is 2.20. The zero-order valence-electron chi connectivity index (χ0n) is 10.3. The van der Waals surface area contributed by atoms with Gasteiger partial charge in [0, 0.05) is 31.8 Å². The second-order valence-electron chi connectivity index (χ2n) is 4.54. The number of non-ortho nitro benzene ring substituents is 1. The summed E-state index contributed by atoms with van der Waals surface area (Å²) < 4.78 is 0. The average molecular weight is 270 g/mol. The molecule has 1 fully saturated rings. The van der Waals surface area contributed by atoms with Crippen LogP contribution in [0.4, 0.5) is 11.4 Å². The van der Waals surface area contributed by atoms with Gasteiger partial charge >= 0.3 is 0 Å². The van der Waals surface area contributed by atoms with Gasteiger partial charge in [-0.25, -0.2) is 0 Å². The minimum Gasteiger partial charge on any atom is -0.369 e. The van der Waals surface area contributed by atoms with Crippen LogP contribution in [0.2, 0.25) is 5.02 Å². The van der Waals surface area contributed by atoms with Crippen molar-refractivity contribution in [3.8, 4) is 0 Å². The second kappa shape index (κ2) is 5.54. The maximum absolute atomic E-state index is 10.7. The summed E-state index contributed by atoms with van der Waals surface area (Å²) in [6, 6.07) is 4.67. The molecule has 1 heterocycles.